The Morgan fingerprint density at radius 1 is 1.29 bits per heavy atom. The number of nitrogens with zero attached hydrogens (tertiary/aromatic N) is 1. The number of benzene rings is 1. The van der Waals surface area contributed by atoms with E-state index >= 15 is 0 Å². The molecule has 2 rings (SSSR count). The summed E-state index contributed by atoms with van der Waals surface area (Å²) >= 11 is 0. The van der Waals surface area contributed by atoms with E-state index < -0.39 is 0 Å². The Kier molecular flexibility index (Phi) is 3.77. The fourth-order valence-corrected chi connectivity index (χ4v) is 1.56. The summed E-state index contributed by atoms with van der Waals surface area (Å²) in [6.07, 6.45) is 1.67. The van der Waals surface area contributed by atoms with Gasteiger partial charge in [-0.1, -0.05) is 0 Å². The van der Waals surface area contributed by atoms with E-state index in [1.165, 1.54) is 0 Å². The molecule has 1 heterocycles. The van der Waals surface area contributed by atoms with Gasteiger partial charge in [-0.15, -0.1) is 0 Å². The Morgan fingerprint density at radius 3 is 2.71 bits per heavy atom. The predicted octanol–water partition coefficient (Wildman–Crippen LogP) is 2.46. The summed E-state index contributed by atoms with van der Waals surface area (Å²) in [4.78, 5) is 4.38. The molecule has 0 aliphatic heterocycles. The monoisotopic (exact) mass is 232 g/mol. The van der Waals surface area contributed by atoms with Crippen LogP contribution in [0.15, 0.2) is 34.9 Å². The van der Waals surface area contributed by atoms with Gasteiger partial charge in [-0.05, 0) is 38.2 Å². The van der Waals surface area contributed by atoms with E-state index in [1.54, 1.807) is 6.26 Å². The molecule has 0 spiro atoms. The molecule has 90 valence electrons. The second-order valence-corrected chi connectivity index (χ2v) is 3.63. The topological polar surface area (TPSA) is 47.3 Å². The minimum absolute atomic E-state index is 0.637. The summed E-state index contributed by atoms with van der Waals surface area (Å²) in [6.45, 7) is 3.34. The number of ether oxygens (including phenoxy) is 1. The third kappa shape index (κ3) is 2.85. The molecule has 1 aromatic carbocycles. The van der Waals surface area contributed by atoms with Crippen molar-refractivity contribution in [2.45, 2.75) is 13.5 Å². The van der Waals surface area contributed by atoms with E-state index in [0.29, 0.717) is 19.0 Å². The molecule has 17 heavy (non-hydrogen) atoms. The highest BCUT2D eigenvalue weighted by molar-refractivity contribution is 5.54. The van der Waals surface area contributed by atoms with Crippen LogP contribution in [0.1, 0.15) is 12.6 Å². The van der Waals surface area contributed by atoms with Gasteiger partial charge in [0.15, 0.2) is 0 Å². The van der Waals surface area contributed by atoms with Crippen molar-refractivity contribution >= 4 is 0 Å². The van der Waals surface area contributed by atoms with E-state index in [9.17, 15) is 0 Å². The van der Waals surface area contributed by atoms with Crippen LogP contribution in [0.2, 0.25) is 0 Å². The maximum absolute atomic E-state index is 5.41. The smallest absolute Gasteiger partial charge is 0.226 e. The van der Waals surface area contributed by atoms with Crippen LogP contribution in [0.25, 0.3) is 11.5 Å². The average molecular weight is 232 g/mol. The molecule has 2 aromatic rings. The predicted molar refractivity (Wildman–Crippen MR) is 65.9 cm³/mol. The molecule has 0 saturated heterocycles. The average Bonchev–Trinajstić information content (AvgIpc) is 2.80. The van der Waals surface area contributed by atoms with E-state index in [0.717, 1.165) is 17.0 Å². The molecule has 1 aromatic heterocycles. The van der Waals surface area contributed by atoms with Crippen molar-refractivity contribution < 1.29 is 9.15 Å². The van der Waals surface area contributed by atoms with Crippen LogP contribution in [-0.2, 0) is 6.54 Å². The lowest BCUT2D eigenvalue weighted by Gasteiger charge is -2.02. The number of hydrogen-bond donors (Lipinski definition) is 1. The standard InChI is InChI=1S/C13H16N2O2/c1-3-16-12-6-4-10(5-7-12)13-15-11(8-14-2)9-17-13/h4-7,9,14H,3,8H2,1-2H3. The van der Waals surface area contributed by atoms with Gasteiger partial charge in [0, 0.05) is 12.1 Å². The van der Waals surface area contributed by atoms with Crippen molar-refractivity contribution in [1.29, 1.82) is 0 Å². The largest absolute Gasteiger partial charge is 0.494 e. The molecule has 0 bridgehead atoms. The summed E-state index contributed by atoms with van der Waals surface area (Å²) in [5.41, 5.74) is 1.85. The third-order valence-electron chi connectivity index (χ3n) is 2.32. The lowest BCUT2D eigenvalue weighted by molar-refractivity contribution is 0.340. The molecule has 4 nitrogen and oxygen atoms in total. The molecule has 4 heteroatoms. The maximum Gasteiger partial charge on any atom is 0.226 e. The van der Waals surface area contributed by atoms with Gasteiger partial charge >= 0.3 is 0 Å². The van der Waals surface area contributed by atoms with Gasteiger partial charge in [0.05, 0.1) is 12.3 Å². The lowest BCUT2D eigenvalue weighted by Crippen LogP contribution is -2.04. The highest BCUT2D eigenvalue weighted by atomic mass is 16.5. The van der Waals surface area contributed by atoms with E-state index in [1.807, 2.05) is 38.2 Å². The van der Waals surface area contributed by atoms with Gasteiger partial charge in [-0.25, -0.2) is 4.98 Å². The molecule has 0 aliphatic rings. The Balaban J connectivity index is 2.15. The Labute approximate surface area is 101 Å². The molecular weight excluding hydrogens is 216 g/mol. The molecule has 0 amide bonds. The van der Waals surface area contributed by atoms with Crippen LogP contribution in [0.3, 0.4) is 0 Å². The summed E-state index contributed by atoms with van der Waals surface area (Å²) in [7, 11) is 1.88. The van der Waals surface area contributed by atoms with Gasteiger partial charge < -0.3 is 14.5 Å². The highest BCUT2D eigenvalue weighted by Crippen LogP contribution is 2.21. The van der Waals surface area contributed by atoms with Crippen molar-refractivity contribution in [3.63, 3.8) is 0 Å². The van der Waals surface area contributed by atoms with Crippen molar-refractivity contribution in [2.24, 2.45) is 0 Å². The molecular formula is C13H16N2O2. The van der Waals surface area contributed by atoms with Crippen molar-refractivity contribution in [3.05, 3.63) is 36.2 Å². The Morgan fingerprint density at radius 2 is 2.06 bits per heavy atom. The lowest BCUT2D eigenvalue weighted by atomic mass is 10.2. The normalized spacial score (nSPS) is 10.5. The highest BCUT2D eigenvalue weighted by Gasteiger charge is 2.06. The van der Waals surface area contributed by atoms with Gasteiger partial charge in [0.2, 0.25) is 5.89 Å². The zero-order valence-electron chi connectivity index (χ0n) is 10.1. The first kappa shape index (κ1) is 11.7. The molecule has 0 saturated carbocycles. The Bertz CT molecular complexity index is 463. The third-order valence-corrected chi connectivity index (χ3v) is 2.32. The maximum atomic E-state index is 5.41. The van der Waals surface area contributed by atoms with Gasteiger partial charge in [-0.3, -0.25) is 0 Å². The molecule has 0 unspecified atom stereocenters. The number of nitrogens with one attached hydrogen (secondary N) is 1. The van der Waals surface area contributed by atoms with Crippen molar-refractivity contribution in [3.8, 4) is 17.2 Å². The zero-order valence-corrected chi connectivity index (χ0v) is 10.1. The fourth-order valence-electron chi connectivity index (χ4n) is 1.56. The number of aromatic nitrogens is 1. The quantitative estimate of drug-likeness (QED) is 0.860. The zero-order chi connectivity index (χ0) is 12.1. The molecule has 0 radical (unpaired) electrons. The molecule has 1 N–H and O–H groups in total. The number of oxazole rings is 1. The van der Waals surface area contributed by atoms with E-state index in [2.05, 4.69) is 10.3 Å². The number of hydrogen-bond acceptors (Lipinski definition) is 4. The van der Waals surface area contributed by atoms with Crippen LogP contribution in [0.5, 0.6) is 5.75 Å². The van der Waals surface area contributed by atoms with Crippen molar-refractivity contribution in [1.82, 2.24) is 10.3 Å². The minimum atomic E-state index is 0.637. The number of rotatable bonds is 5. The summed E-state index contributed by atoms with van der Waals surface area (Å²) in [5.74, 6) is 1.50. The van der Waals surface area contributed by atoms with Crippen LogP contribution in [-0.4, -0.2) is 18.6 Å². The summed E-state index contributed by atoms with van der Waals surface area (Å²) in [5, 5.41) is 3.03. The van der Waals surface area contributed by atoms with Crippen LogP contribution in [0, 0.1) is 0 Å². The second kappa shape index (κ2) is 5.50. The van der Waals surface area contributed by atoms with Gasteiger partial charge in [-0.2, -0.15) is 0 Å². The Hall–Kier alpha value is -1.81. The van der Waals surface area contributed by atoms with Gasteiger partial charge in [0.1, 0.15) is 12.0 Å². The second-order valence-electron chi connectivity index (χ2n) is 3.63. The van der Waals surface area contributed by atoms with E-state index in [4.69, 9.17) is 9.15 Å². The summed E-state index contributed by atoms with van der Waals surface area (Å²) in [6, 6.07) is 7.72. The molecule has 0 fully saturated rings. The molecule has 0 aliphatic carbocycles. The SMILES string of the molecule is CCOc1ccc(-c2nc(CNC)co2)cc1. The first-order valence-electron chi connectivity index (χ1n) is 5.65. The minimum Gasteiger partial charge on any atom is -0.494 e. The first-order chi connectivity index (χ1) is 8.33. The van der Waals surface area contributed by atoms with E-state index in [-0.39, 0.29) is 0 Å². The first-order valence-corrected chi connectivity index (χ1v) is 5.65. The van der Waals surface area contributed by atoms with Crippen molar-refractivity contribution in [2.75, 3.05) is 13.7 Å². The molecule has 0 atom stereocenters. The fraction of sp³-hybridized carbons (Fsp3) is 0.308. The van der Waals surface area contributed by atoms with Gasteiger partial charge in [0.25, 0.3) is 0 Å². The van der Waals surface area contributed by atoms with Crippen LogP contribution >= 0.6 is 0 Å². The summed E-state index contributed by atoms with van der Waals surface area (Å²) < 4.78 is 10.8. The van der Waals surface area contributed by atoms with Crippen LogP contribution in [0.4, 0.5) is 0 Å². The van der Waals surface area contributed by atoms with Crippen LogP contribution < -0.4 is 10.1 Å².